The summed E-state index contributed by atoms with van der Waals surface area (Å²) in [6.45, 7) is 8.29. The number of nitrogens with zero attached hydrogens (tertiary/aromatic N) is 1. The van der Waals surface area contributed by atoms with Gasteiger partial charge in [0.25, 0.3) is 0 Å². The molecule has 186 valence electrons. The summed E-state index contributed by atoms with van der Waals surface area (Å²) in [5.74, 6) is 0. The van der Waals surface area contributed by atoms with Gasteiger partial charge in [-0.15, -0.1) is 0 Å². The van der Waals surface area contributed by atoms with Crippen molar-refractivity contribution in [1.29, 1.82) is 0 Å². The summed E-state index contributed by atoms with van der Waals surface area (Å²) < 4.78 is 0. The fourth-order valence-corrected chi connectivity index (χ4v) is 4.85. The normalized spacial score (nSPS) is 11.5. The third kappa shape index (κ3) is 18.7. The molecule has 0 heterocycles. The SMILES string of the molecule is CCN(CC)CCCCCCCCCCCCCCCCCCCCCc1ccccc1. The van der Waals surface area contributed by atoms with Gasteiger partial charge in [-0.1, -0.05) is 153 Å². The van der Waals surface area contributed by atoms with E-state index in [1.165, 1.54) is 154 Å². The summed E-state index contributed by atoms with van der Waals surface area (Å²) in [5.41, 5.74) is 1.50. The zero-order valence-corrected chi connectivity index (χ0v) is 22.1. The Morgan fingerprint density at radius 3 is 1.16 bits per heavy atom. The molecule has 0 spiro atoms. The van der Waals surface area contributed by atoms with E-state index >= 15 is 0 Å². The van der Waals surface area contributed by atoms with Crippen LogP contribution in [0.2, 0.25) is 0 Å². The first-order valence-corrected chi connectivity index (χ1v) is 14.6. The van der Waals surface area contributed by atoms with Crippen molar-refractivity contribution in [2.45, 2.75) is 142 Å². The van der Waals surface area contributed by atoms with E-state index in [0.717, 1.165) is 0 Å². The zero-order chi connectivity index (χ0) is 23.0. The minimum atomic E-state index is 1.21. The molecule has 0 fully saturated rings. The summed E-state index contributed by atoms with van der Waals surface area (Å²) in [7, 11) is 0. The summed E-state index contributed by atoms with van der Waals surface area (Å²) in [6.07, 6.45) is 28.9. The predicted octanol–water partition coefficient (Wildman–Crippen LogP) is 9.98. The van der Waals surface area contributed by atoms with E-state index in [9.17, 15) is 0 Å². The van der Waals surface area contributed by atoms with Crippen molar-refractivity contribution in [2.75, 3.05) is 19.6 Å². The van der Waals surface area contributed by atoms with Gasteiger partial charge in [0, 0.05) is 0 Å². The van der Waals surface area contributed by atoms with Crippen molar-refractivity contribution < 1.29 is 0 Å². The monoisotopic (exact) mass is 443 g/mol. The number of unbranched alkanes of at least 4 members (excludes halogenated alkanes) is 18. The molecule has 0 N–H and O–H groups in total. The molecule has 0 aliphatic carbocycles. The van der Waals surface area contributed by atoms with Crippen LogP contribution in [-0.4, -0.2) is 24.5 Å². The molecule has 1 aromatic rings. The molecule has 0 aromatic heterocycles. The van der Waals surface area contributed by atoms with Crippen LogP contribution in [-0.2, 0) is 6.42 Å². The molecule has 0 bridgehead atoms. The van der Waals surface area contributed by atoms with Gasteiger partial charge >= 0.3 is 0 Å². The van der Waals surface area contributed by atoms with Crippen LogP contribution in [0.15, 0.2) is 30.3 Å². The molecule has 0 atom stereocenters. The van der Waals surface area contributed by atoms with E-state index in [-0.39, 0.29) is 0 Å². The van der Waals surface area contributed by atoms with E-state index in [0.29, 0.717) is 0 Å². The highest BCUT2D eigenvalue weighted by molar-refractivity contribution is 5.14. The second kappa shape index (κ2) is 23.3. The number of rotatable bonds is 24. The average Bonchev–Trinajstić information content (AvgIpc) is 2.83. The molecule has 0 saturated carbocycles. The van der Waals surface area contributed by atoms with Crippen LogP contribution in [0.4, 0.5) is 0 Å². The topological polar surface area (TPSA) is 3.24 Å². The Kier molecular flexibility index (Phi) is 21.3. The molecule has 0 saturated heterocycles. The van der Waals surface area contributed by atoms with Gasteiger partial charge in [0.05, 0.1) is 0 Å². The number of aryl methyl sites for hydroxylation is 1. The Morgan fingerprint density at radius 1 is 0.438 bits per heavy atom. The first kappa shape index (κ1) is 29.2. The fraction of sp³-hybridized carbons (Fsp3) is 0.806. The van der Waals surface area contributed by atoms with Crippen LogP contribution in [0.5, 0.6) is 0 Å². The molecule has 1 heteroatoms. The molecular formula is C31H57N. The van der Waals surface area contributed by atoms with E-state index in [1.807, 2.05) is 0 Å². The minimum absolute atomic E-state index is 1.21. The number of hydrogen-bond acceptors (Lipinski definition) is 1. The quantitative estimate of drug-likeness (QED) is 0.144. The lowest BCUT2D eigenvalue weighted by molar-refractivity contribution is 0.295. The van der Waals surface area contributed by atoms with Crippen molar-refractivity contribution in [1.82, 2.24) is 4.90 Å². The smallest absolute Gasteiger partial charge is 0.00190 e. The van der Waals surface area contributed by atoms with Crippen LogP contribution in [0, 0.1) is 0 Å². The van der Waals surface area contributed by atoms with Gasteiger partial charge in [0.1, 0.15) is 0 Å². The number of benzene rings is 1. The molecule has 1 rings (SSSR count). The van der Waals surface area contributed by atoms with Gasteiger partial charge in [-0.2, -0.15) is 0 Å². The highest BCUT2D eigenvalue weighted by Gasteiger charge is 1.99. The molecular weight excluding hydrogens is 386 g/mol. The van der Waals surface area contributed by atoms with Crippen molar-refractivity contribution in [3.63, 3.8) is 0 Å². The minimum Gasteiger partial charge on any atom is -0.304 e. The molecule has 0 radical (unpaired) electrons. The maximum atomic E-state index is 2.55. The zero-order valence-electron chi connectivity index (χ0n) is 22.1. The molecule has 0 aliphatic heterocycles. The van der Waals surface area contributed by atoms with Gasteiger partial charge < -0.3 is 4.90 Å². The predicted molar refractivity (Wildman–Crippen MR) is 146 cm³/mol. The highest BCUT2D eigenvalue weighted by Crippen LogP contribution is 2.15. The molecule has 1 aromatic carbocycles. The maximum absolute atomic E-state index is 2.55. The van der Waals surface area contributed by atoms with E-state index in [2.05, 4.69) is 49.1 Å². The lowest BCUT2D eigenvalue weighted by atomic mass is 10.0. The molecule has 0 aliphatic rings. The second-order valence-corrected chi connectivity index (χ2v) is 9.98. The molecule has 1 nitrogen and oxygen atoms in total. The Labute approximate surface area is 202 Å². The first-order chi connectivity index (χ1) is 15.9. The van der Waals surface area contributed by atoms with Gasteiger partial charge in [-0.25, -0.2) is 0 Å². The van der Waals surface area contributed by atoms with Gasteiger partial charge in [0.2, 0.25) is 0 Å². The second-order valence-electron chi connectivity index (χ2n) is 9.98. The van der Waals surface area contributed by atoms with Crippen molar-refractivity contribution in [2.24, 2.45) is 0 Å². The van der Waals surface area contributed by atoms with E-state index in [1.54, 1.807) is 0 Å². The lowest BCUT2D eigenvalue weighted by Crippen LogP contribution is -2.23. The molecule has 0 amide bonds. The summed E-state index contributed by atoms with van der Waals surface area (Å²) >= 11 is 0. The largest absolute Gasteiger partial charge is 0.304 e. The van der Waals surface area contributed by atoms with Crippen molar-refractivity contribution in [3.8, 4) is 0 Å². The Hall–Kier alpha value is -0.820. The Balaban J connectivity index is 1.67. The standard InChI is InChI=1S/C31H57N/c1-3-32(4-2)30-26-21-19-17-15-13-11-9-7-5-6-8-10-12-14-16-18-20-23-27-31-28-24-22-25-29-31/h22,24-25,28-29H,3-21,23,26-27,30H2,1-2H3. The van der Waals surface area contributed by atoms with Crippen LogP contribution < -0.4 is 0 Å². The summed E-state index contributed by atoms with van der Waals surface area (Å²) in [6, 6.07) is 11.0. The third-order valence-electron chi connectivity index (χ3n) is 7.18. The lowest BCUT2D eigenvalue weighted by Gasteiger charge is -2.17. The van der Waals surface area contributed by atoms with Gasteiger partial charge in [0.15, 0.2) is 0 Å². The fourth-order valence-electron chi connectivity index (χ4n) is 4.85. The summed E-state index contributed by atoms with van der Waals surface area (Å²) in [4.78, 5) is 2.55. The van der Waals surface area contributed by atoms with Crippen molar-refractivity contribution in [3.05, 3.63) is 35.9 Å². The van der Waals surface area contributed by atoms with Crippen LogP contribution in [0.25, 0.3) is 0 Å². The molecule has 32 heavy (non-hydrogen) atoms. The molecule has 0 unspecified atom stereocenters. The Bertz CT molecular complexity index is 465. The first-order valence-electron chi connectivity index (χ1n) is 14.6. The third-order valence-corrected chi connectivity index (χ3v) is 7.18. The van der Waals surface area contributed by atoms with Crippen molar-refractivity contribution >= 4 is 0 Å². The van der Waals surface area contributed by atoms with Gasteiger partial charge in [-0.3, -0.25) is 0 Å². The van der Waals surface area contributed by atoms with Crippen LogP contribution in [0.3, 0.4) is 0 Å². The van der Waals surface area contributed by atoms with Crippen LogP contribution >= 0.6 is 0 Å². The maximum Gasteiger partial charge on any atom is -0.00190 e. The van der Waals surface area contributed by atoms with Crippen LogP contribution in [0.1, 0.15) is 141 Å². The highest BCUT2D eigenvalue weighted by atomic mass is 15.1. The average molecular weight is 444 g/mol. The summed E-state index contributed by atoms with van der Waals surface area (Å²) in [5, 5.41) is 0. The van der Waals surface area contributed by atoms with Gasteiger partial charge in [-0.05, 0) is 44.5 Å². The Morgan fingerprint density at radius 2 is 0.781 bits per heavy atom. The van der Waals surface area contributed by atoms with E-state index in [4.69, 9.17) is 0 Å². The number of hydrogen-bond donors (Lipinski definition) is 0. The van der Waals surface area contributed by atoms with E-state index < -0.39 is 0 Å².